The highest BCUT2D eigenvalue weighted by Gasteiger charge is 2.30. The maximum atomic E-state index is 12.4. The number of benzene rings is 2. The number of fused-ring (bicyclic) bond motifs is 3. The zero-order valence-corrected chi connectivity index (χ0v) is 18.0. The molecule has 2 aromatic carbocycles. The third kappa shape index (κ3) is 5.12. The topological polar surface area (TPSA) is 64.6 Å². The van der Waals surface area contributed by atoms with Crippen molar-refractivity contribution >= 4 is 23.8 Å². The lowest BCUT2D eigenvalue weighted by atomic mass is 9.98. The minimum Gasteiger partial charge on any atom is -0.458 e. The fraction of sp³-hybridized carbons (Fsp3) is 0.391. The normalized spacial score (nSPS) is 13.9. The molecule has 0 unspecified atom stereocenters. The highest BCUT2D eigenvalue weighted by molar-refractivity contribution is 7.98. The first-order chi connectivity index (χ1) is 13.8. The van der Waals surface area contributed by atoms with Crippen molar-refractivity contribution in [2.45, 2.75) is 38.3 Å². The number of ether oxygens (including phenoxy) is 2. The summed E-state index contributed by atoms with van der Waals surface area (Å²) in [5.74, 6) is -0.0620. The Morgan fingerprint density at radius 2 is 1.59 bits per heavy atom. The summed E-state index contributed by atoms with van der Waals surface area (Å²) in [6.07, 6.45) is 1.26. The first-order valence-corrected chi connectivity index (χ1v) is 11.0. The van der Waals surface area contributed by atoms with Crippen LogP contribution in [0.2, 0.25) is 0 Å². The van der Waals surface area contributed by atoms with Gasteiger partial charge in [0.05, 0.1) is 0 Å². The first kappa shape index (κ1) is 21.2. The van der Waals surface area contributed by atoms with Crippen LogP contribution in [0.3, 0.4) is 0 Å². The largest absolute Gasteiger partial charge is 0.458 e. The Morgan fingerprint density at radius 1 is 1.03 bits per heavy atom. The molecule has 0 spiro atoms. The third-order valence-corrected chi connectivity index (χ3v) is 5.33. The Kier molecular flexibility index (Phi) is 6.52. The molecule has 0 saturated heterocycles. The summed E-state index contributed by atoms with van der Waals surface area (Å²) in [5, 5.41) is 2.66. The number of carbonyl (C=O) groups is 2. The van der Waals surface area contributed by atoms with Crippen molar-refractivity contribution in [1.82, 2.24) is 5.32 Å². The molecule has 1 N–H and O–H groups in total. The predicted molar refractivity (Wildman–Crippen MR) is 116 cm³/mol. The number of amides is 1. The molecule has 1 atom stereocenters. The fourth-order valence-electron chi connectivity index (χ4n) is 3.49. The molecule has 0 aliphatic heterocycles. The number of carbonyl (C=O) groups excluding carboxylic acids is 2. The van der Waals surface area contributed by atoms with E-state index in [1.807, 2.05) is 30.5 Å². The van der Waals surface area contributed by atoms with E-state index < -0.39 is 23.7 Å². The average molecular weight is 414 g/mol. The molecule has 0 bridgehead atoms. The van der Waals surface area contributed by atoms with Crippen LogP contribution in [0.15, 0.2) is 48.5 Å². The Balaban J connectivity index is 1.66. The highest BCUT2D eigenvalue weighted by Crippen LogP contribution is 2.44. The van der Waals surface area contributed by atoms with Crippen molar-refractivity contribution in [1.29, 1.82) is 0 Å². The van der Waals surface area contributed by atoms with Crippen LogP contribution in [0.4, 0.5) is 4.79 Å². The van der Waals surface area contributed by atoms with Gasteiger partial charge in [-0.3, -0.25) is 0 Å². The maximum Gasteiger partial charge on any atom is 0.407 e. The summed E-state index contributed by atoms with van der Waals surface area (Å²) in [6, 6.07) is 15.6. The Hall–Kier alpha value is -2.47. The molecule has 0 aromatic heterocycles. The molecule has 2 aromatic rings. The van der Waals surface area contributed by atoms with Gasteiger partial charge in [-0.05, 0) is 49.3 Å². The van der Waals surface area contributed by atoms with Crippen LogP contribution in [0.5, 0.6) is 0 Å². The minimum atomic E-state index is -0.750. The number of thioether (sulfide) groups is 1. The smallest absolute Gasteiger partial charge is 0.407 e. The van der Waals surface area contributed by atoms with Crippen molar-refractivity contribution in [2.75, 3.05) is 18.6 Å². The SMILES string of the molecule is CSC[C@H](NC(=O)OCC1c2ccccc2-c2ccccc21)C(=O)OC(C)(C)C. The quantitative estimate of drug-likeness (QED) is 0.701. The summed E-state index contributed by atoms with van der Waals surface area (Å²) in [5.41, 5.74) is 4.03. The van der Waals surface area contributed by atoms with E-state index in [2.05, 4.69) is 29.6 Å². The number of esters is 1. The molecule has 0 radical (unpaired) electrons. The van der Waals surface area contributed by atoms with Gasteiger partial charge in [-0.2, -0.15) is 11.8 Å². The molecular weight excluding hydrogens is 386 g/mol. The van der Waals surface area contributed by atoms with Gasteiger partial charge in [-0.1, -0.05) is 48.5 Å². The van der Waals surface area contributed by atoms with Gasteiger partial charge < -0.3 is 14.8 Å². The van der Waals surface area contributed by atoms with Crippen LogP contribution in [0.1, 0.15) is 37.8 Å². The second-order valence-corrected chi connectivity index (χ2v) is 8.92. The van der Waals surface area contributed by atoms with Gasteiger partial charge in [-0.25, -0.2) is 9.59 Å². The zero-order valence-electron chi connectivity index (χ0n) is 17.2. The van der Waals surface area contributed by atoms with Crippen LogP contribution in [0.25, 0.3) is 11.1 Å². The van der Waals surface area contributed by atoms with Crippen LogP contribution >= 0.6 is 11.8 Å². The van der Waals surface area contributed by atoms with E-state index in [0.29, 0.717) is 5.75 Å². The molecule has 1 aliphatic rings. The molecule has 5 nitrogen and oxygen atoms in total. The lowest BCUT2D eigenvalue weighted by Crippen LogP contribution is -2.46. The van der Waals surface area contributed by atoms with E-state index in [9.17, 15) is 9.59 Å². The van der Waals surface area contributed by atoms with Gasteiger partial charge in [0.2, 0.25) is 0 Å². The van der Waals surface area contributed by atoms with E-state index in [4.69, 9.17) is 9.47 Å². The number of alkyl carbamates (subject to hydrolysis) is 1. The molecule has 0 heterocycles. The Morgan fingerprint density at radius 3 is 2.10 bits per heavy atom. The molecule has 29 heavy (non-hydrogen) atoms. The predicted octanol–water partition coefficient (Wildman–Crippen LogP) is 4.60. The average Bonchev–Trinajstić information content (AvgIpc) is 2.99. The van der Waals surface area contributed by atoms with Gasteiger partial charge in [-0.15, -0.1) is 0 Å². The van der Waals surface area contributed by atoms with Crippen molar-refractivity contribution < 1.29 is 19.1 Å². The van der Waals surface area contributed by atoms with Gasteiger partial charge in [0.25, 0.3) is 0 Å². The van der Waals surface area contributed by atoms with Crippen molar-refractivity contribution in [3.8, 4) is 11.1 Å². The lowest BCUT2D eigenvalue weighted by Gasteiger charge is -2.24. The summed E-state index contributed by atoms with van der Waals surface area (Å²) >= 11 is 1.46. The van der Waals surface area contributed by atoms with E-state index in [1.165, 1.54) is 22.9 Å². The number of rotatable bonds is 6. The van der Waals surface area contributed by atoms with E-state index in [1.54, 1.807) is 20.8 Å². The van der Waals surface area contributed by atoms with Gasteiger partial charge in [0.1, 0.15) is 18.2 Å². The molecule has 154 valence electrons. The molecule has 3 rings (SSSR count). The standard InChI is InChI=1S/C23H27NO4S/c1-23(2,3)28-21(25)20(14-29-4)24-22(26)27-13-19-17-11-7-5-9-15(17)16-10-6-8-12-18(16)19/h5-12,19-20H,13-14H2,1-4H3,(H,24,26)/t20-/m0/s1. The maximum absolute atomic E-state index is 12.4. The molecular formula is C23H27NO4S. The molecule has 1 aliphatic carbocycles. The second kappa shape index (κ2) is 8.91. The van der Waals surface area contributed by atoms with E-state index >= 15 is 0 Å². The minimum absolute atomic E-state index is 0.0197. The highest BCUT2D eigenvalue weighted by atomic mass is 32.2. The van der Waals surface area contributed by atoms with Crippen molar-refractivity contribution in [3.05, 3.63) is 59.7 Å². The van der Waals surface area contributed by atoms with Crippen LogP contribution in [-0.4, -0.2) is 42.3 Å². The number of hydrogen-bond donors (Lipinski definition) is 1. The third-order valence-electron chi connectivity index (χ3n) is 4.66. The van der Waals surface area contributed by atoms with Crippen molar-refractivity contribution in [3.63, 3.8) is 0 Å². The molecule has 6 heteroatoms. The summed E-state index contributed by atoms with van der Waals surface area (Å²) in [4.78, 5) is 24.8. The summed E-state index contributed by atoms with van der Waals surface area (Å²) < 4.78 is 10.9. The van der Waals surface area contributed by atoms with Gasteiger partial charge in [0, 0.05) is 11.7 Å². The van der Waals surface area contributed by atoms with Gasteiger partial charge >= 0.3 is 12.1 Å². The van der Waals surface area contributed by atoms with E-state index in [-0.39, 0.29) is 12.5 Å². The molecule has 0 saturated carbocycles. The van der Waals surface area contributed by atoms with E-state index in [0.717, 1.165) is 11.1 Å². The fourth-order valence-corrected chi connectivity index (χ4v) is 4.04. The van der Waals surface area contributed by atoms with Crippen LogP contribution < -0.4 is 5.32 Å². The molecule has 0 fully saturated rings. The number of hydrogen-bond acceptors (Lipinski definition) is 5. The first-order valence-electron chi connectivity index (χ1n) is 9.63. The second-order valence-electron chi connectivity index (χ2n) is 8.01. The summed E-state index contributed by atoms with van der Waals surface area (Å²) in [7, 11) is 0. The Labute approximate surface area is 176 Å². The summed E-state index contributed by atoms with van der Waals surface area (Å²) in [6.45, 7) is 5.61. The molecule has 1 amide bonds. The monoisotopic (exact) mass is 413 g/mol. The van der Waals surface area contributed by atoms with Gasteiger partial charge in [0.15, 0.2) is 0 Å². The number of nitrogens with one attached hydrogen (secondary N) is 1. The van der Waals surface area contributed by atoms with Crippen molar-refractivity contribution in [2.24, 2.45) is 0 Å². The Bertz CT molecular complexity index is 845. The van der Waals surface area contributed by atoms with Crippen LogP contribution in [0, 0.1) is 0 Å². The lowest BCUT2D eigenvalue weighted by molar-refractivity contribution is -0.156. The van der Waals surface area contributed by atoms with Crippen LogP contribution in [-0.2, 0) is 14.3 Å². The zero-order chi connectivity index (χ0) is 21.0.